The molecular weight excluding hydrogens is 242 g/mol. The maximum Gasteiger partial charge on any atom is 0.252 e. The highest BCUT2D eigenvalue weighted by atomic mass is 35.5. The summed E-state index contributed by atoms with van der Waals surface area (Å²) in [6, 6.07) is 6.59. The zero-order chi connectivity index (χ0) is 12.3. The lowest BCUT2D eigenvalue weighted by Gasteiger charge is -2.07. The number of carbonyl (C=O) groups is 1. The maximum atomic E-state index is 11.2. The third-order valence-corrected chi connectivity index (χ3v) is 2.13. The number of aromatic nitrogens is 2. The SMILES string of the molecule is NC(=O)c1ccccc1Oc1cncc(Cl)n1. The van der Waals surface area contributed by atoms with Crippen LogP contribution in [0.25, 0.3) is 0 Å². The number of hydrogen-bond acceptors (Lipinski definition) is 4. The number of para-hydroxylation sites is 1. The number of ether oxygens (including phenoxy) is 1. The van der Waals surface area contributed by atoms with Gasteiger partial charge < -0.3 is 10.5 Å². The van der Waals surface area contributed by atoms with Crippen LogP contribution in [0.3, 0.4) is 0 Å². The standard InChI is InChI=1S/C11H8ClN3O2/c12-9-5-14-6-10(15-9)17-8-4-2-1-3-7(8)11(13)16/h1-6H,(H2,13,16). The molecule has 0 fully saturated rings. The Kier molecular flexibility index (Phi) is 3.20. The first kappa shape index (κ1) is 11.3. The van der Waals surface area contributed by atoms with E-state index in [0.717, 1.165) is 0 Å². The van der Waals surface area contributed by atoms with Gasteiger partial charge in [0.05, 0.1) is 18.0 Å². The first-order chi connectivity index (χ1) is 8.16. The fourth-order valence-corrected chi connectivity index (χ4v) is 1.39. The molecule has 1 aromatic heterocycles. The summed E-state index contributed by atoms with van der Waals surface area (Å²) in [5, 5.41) is 0.207. The van der Waals surface area contributed by atoms with Gasteiger partial charge in [0.1, 0.15) is 5.75 Å². The van der Waals surface area contributed by atoms with Crippen LogP contribution in [0.2, 0.25) is 5.15 Å². The number of benzene rings is 1. The van der Waals surface area contributed by atoms with Gasteiger partial charge in [-0.1, -0.05) is 23.7 Å². The fourth-order valence-electron chi connectivity index (χ4n) is 1.25. The summed E-state index contributed by atoms with van der Waals surface area (Å²) in [5.41, 5.74) is 5.49. The Morgan fingerprint density at radius 2 is 2.06 bits per heavy atom. The second kappa shape index (κ2) is 4.80. The number of nitrogens with two attached hydrogens (primary N) is 1. The van der Waals surface area contributed by atoms with Gasteiger partial charge in [-0.2, -0.15) is 4.98 Å². The molecule has 2 N–H and O–H groups in total. The van der Waals surface area contributed by atoms with Crippen LogP contribution in [0.4, 0.5) is 0 Å². The molecule has 6 heteroatoms. The van der Waals surface area contributed by atoms with E-state index >= 15 is 0 Å². The highest BCUT2D eigenvalue weighted by molar-refractivity contribution is 6.29. The molecule has 0 atom stereocenters. The predicted molar refractivity (Wildman–Crippen MR) is 62.1 cm³/mol. The van der Waals surface area contributed by atoms with Crippen LogP contribution < -0.4 is 10.5 Å². The molecule has 0 saturated heterocycles. The van der Waals surface area contributed by atoms with Gasteiger partial charge in [0.2, 0.25) is 5.88 Å². The first-order valence-electron chi connectivity index (χ1n) is 4.71. The smallest absolute Gasteiger partial charge is 0.252 e. The van der Waals surface area contributed by atoms with Gasteiger partial charge in [-0.3, -0.25) is 9.78 Å². The Labute approximate surface area is 102 Å². The second-order valence-corrected chi connectivity index (χ2v) is 3.53. The summed E-state index contributed by atoms with van der Waals surface area (Å²) in [6.07, 6.45) is 2.78. The van der Waals surface area contributed by atoms with E-state index in [1.807, 2.05) is 0 Å². The lowest BCUT2D eigenvalue weighted by Crippen LogP contribution is -2.12. The predicted octanol–water partition coefficient (Wildman–Crippen LogP) is 2.02. The average Bonchev–Trinajstić information content (AvgIpc) is 2.29. The molecule has 0 bridgehead atoms. The van der Waals surface area contributed by atoms with Gasteiger partial charge in [0.25, 0.3) is 5.91 Å². The number of rotatable bonds is 3. The van der Waals surface area contributed by atoms with Crippen molar-refractivity contribution >= 4 is 17.5 Å². The summed E-state index contributed by atoms with van der Waals surface area (Å²) in [4.78, 5) is 18.9. The van der Waals surface area contributed by atoms with E-state index in [1.165, 1.54) is 12.4 Å². The Bertz CT molecular complexity index is 560. The molecule has 2 aromatic rings. The van der Waals surface area contributed by atoms with E-state index in [4.69, 9.17) is 22.1 Å². The van der Waals surface area contributed by atoms with Crippen LogP contribution in [-0.2, 0) is 0 Å². The van der Waals surface area contributed by atoms with Crippen molar-refractivity contribution in [2.75, 3.05) is 0 Å². The molecule has 1 heterocycles. The summed E-state index contributed by atoms with van der Waals surface area (Å²) < 4.78 is 5.39. The number of carbonyl (C=O) groups excluding carboxylic acids is 1. The molecule has 0 aliphatic heterocycles. The van der Waals surface area contributed by atoms with Crippen LogP contribution in [0.5, 0.6) is 11.6 Å². The minimum atomic E-state index is -0.574. The molecule has 0 spiro atoms. The van der Waals surface area contributed by atoms with Crippen molar-refractivity contribution < 1.29 is 9.53 Å². The molecule has 5 nitrogen and oxygen atoms in total. The van der Waals surface area contributed by atoms with Crippen molar-refractivity contribution in [3.8, 4) is 11.6 Å². The number of primary amides is 1. The summed E-state index contributed by atoms with van der Waals surface area (Å²) in [6.45, 7) is 0. The van der Waals surface area contributed by atoms with Crippen LogP contribution in [0.15, 0.2) is 36.7 Å². The van der Waals surface area contributed by atoms with Crippen molar-refractivity contribution in [2.45, 2.75) is 0 Å². The molecule has 1 amide bonds. The molecule has 0 unspecified atom stereocenters. The van der Waals surface area contributed by atoms with E-state index < -0.39 is 5.91 Å². The molecule has 0 radical (unpaired) electrons. The van der Waals surface area contributed by atoms with E-state index in [9.17, 15) is 4.79 Å². The highest BCUT2D eigenvalue weighted by Gasteiger charge is 2.09. The van der Waals surface area contributed by atoms with Crippen molar-refractivity contribution in [1.29, 1.82) is 0 Å². The van der Waals surface area contributed by atoms with E-state index in [1.54, 1.807) is 24.3 Å². The Morgan fingerprint density at radius 1 is 1.29 bits per heavy atom. The third-order valence-electron chi connectivity index (χ3n) is 1.95. The van der Waals surface area contributed by atoms with Crippen LogP contribution in [-0.4, -0.2) is 15.9 Å². The summed E-state index contributed by atoms with van der Waals surface area (Å²) >= 11 is 5.67. The van der Waals surface area contributed by atoms with Gasteiger partial charge in [0.15, 0.2) is 5.15 Å². The Morgan fingerprint density at radius 3 is 2.76 bits per heavy atom. The van der Waals surface area contributed by atoms with E-state index in [2.05, 4.69) is 9.97 Å². The fraction of sp³-hybridized carbons (Fsp3) is 0. The average molecular weight is 250 g/mol. The third kappa shape index (κ3) is 2.70. The lowest BCUT2D eigenvalue weighted by molar-refractivity contribution is 0.0998. The van der Waals surface area contributed by atoms with Crippen molar-refractivity contribution in [1.82, 2.24) is 9.97 Å². The lowest BCUT2D eigenvalue weighted by atomic mass is 10.2. The largest absolute Gasteiger partial charge is 0.437 e. The van der Waals surface area contributed by atoms with Crippen molar-refractivity contribution in [3.63, 3.8) is 0 Å². The number of nitrogens with zero attached hydrogens (tertiary/aromatic N) is 2. The quantitative estimate of drug-likeness (QED) is 0.903. The molecule has 86 valence electrons. The Balaban J connectivity index is 2.33. The number of amides is 1. The van der Waals surface area contributed by atoms with Gasteiger partial charge >= 0.3 is 0 Å². The minimum Gasteiger partial charge on any atom is -0.437 e. The van der Waals surface area contributed by atoms with Gasteiger partial charge in [-0.25, -0.2) is 0 Å². The highest BCUT2D eigenvalue weighted by Crippen LogP contribution is 2.23. The summed E-state index contributed by atoms with van der Waals surface area (Å²) in [5.74, 6) is -0.0571. The van der Waals surface area contributed by atoms with Crippen molar-refractivity contribution in [2.24, 2.45) is 5.73 Å². The topological polar surface area (TPSA) is 78.1 Å². The number of hydrogen-bond donors (Lipinski definition) is 1. The monoisotopic (exact) mass is 249 g/mol. The molecule has 0 saturated carbocycles. The van der Waals surface area contributed by atoms with Crippen LogP contribution in [0, 0.1) is 0 Å². The minimum absolute atomic E-state index is 0.200. The van der Waals surface area contributed by atoms with E-state index in [-0.39, 0.29) is 16.6 Å². The molecule has 0 aliphatic rings. The van der Waals surface area contributed by atoms with Crippen LogP contribution >= 0.6 is 11.6 Å². The van der Waals surface area contributed by atoms with Crippen molar-refractivity contribution in [3.05, 3.63) is 47.4 Å². The second-order valence-electron chi connectivity index (χ2n) is 3.14. The molecule has 2 rings (SSSR count). The zero-order valence-electron chi connectivity index (χ0n) is 8.63. The molecule has 0 aliphatic carbocycles. The molecular formula is C11H8ClN3O2. The Hall–Kier alpha value is -2.14. The van der Waals surface area contributed by atoms with Gasteiger partial charge in [-0.05, 0) is 12.1 Å². The van der Waals surface area contributed by atoms with Gasteiger partial charge in [-0.15, -0.1) is 0 Å². The van der Waals surface area contributed by atoms with Crippen LogP contribution in [0.1, 0.15) is 10.4 Å². The normalized spacial score (nSPS) is 9.94. The maximum absolute atomic E-state index is 11.2. The first-order valence-corrected chi connectivity index (χ1v) is 5.09. The van der Waals surface area contributed by atoms with E-state index in [0.29, 0.717) is 5.75 Å². The van der Waals surface area contributed by atoms with Gasteiger partial charge in [0, 0.05) is 0 Å². The molecule has 1 aromatic carbocycles. The molecule has 17 heavy (non-hydrogen) atoms. The number of halogens is 1. The summed E-state index contributed by atoms with van der Waals surface area (Å²) in [7, 11) is 0. The zero-order valence-corrected chi connectivity index (χ0v) is 9.39.